The molecule has 1 heterocycles. The fourth-order valence-electron chi connectivity index (χ4n) is 2.67. The molecule has 1 saturated heterocycles. The molecular weight excluding hydrogens is 315 g/mol. The number of nitrogens with one attached hydrogen (secondary N) is 1. The van der Waals surface area contributed by atoms with Crippen LogP contribution in [0.5, 0.6) is 0 Å². The normalized spacial score (nSPS) is 16.9. The van der Waals surface area contributed by atoms with Gasteiger partial charge < -0.3 is 5.32 Å². The van der Waals surface area contributed by atoms with Gasteiger partial charge in [0.05, 0.1) is 0 Å². The predicted octanol–water partition coefficient (Wildman–Crippen LogP) is 4.24. The molecule has 2 rings (SSSR count). The van der Waals surface area contributed by atoms with Gasteiger partial charge in [-0.1, -0.05) is 29.3 Å². The lowest BCUT2D eigenvalue weighted by molar-refractivity contribution is 0.172. The van der Waals surface area contributed by atoms with Gasteiger partial charge in [-0.25, -0.2) is 0 Å². The van der Waals surface area contributed by atoms with E-state index in [1.54, 1.807) is 0 Å². The van der Waals surface area contributed by atoms with E-state index in [4.69, 9.17) is 23.2 Å². The van der Waals surface area contributed by atoms with Crippen LogP contribution in [0.2, 0.25) is 10.0 Å². The van der Waals surface area contributed by atoms with Gasteiger partial charge in [0.25, 0.3) is 0 Å². The van der Waals surface area contributed by atoms with Gasteiger partial charge in [0.15, 0.2) is 0 Å². The molecule has 0 spiro atoms. The average Bonchev–Trinajstić information content (AvgIpc) is 2.41. The van der Waals surface area contributed by atoms with Crippen LogP contribution < -0.4 is 5.32 Å². The molecule has 0 unspecified atom stereocenters. The van der Waals surface area contributed by atoms with E-state index in [9.17, 15) is 0 Å². The summed E-state index contributed by atoms with van der Waals surface area (Å²) in [4.78, 5) is 2.49. The minimum Gasteiger partial charge on any atom is -0.320 e. The minimum atomic E-state index is 0. The van der Waals surface area contributed by atoms with Crippen molar-refractivity contribution in [3.8, 4) is 0 Å². The molecule has 1 N–H and O–H groups in total. The standard InChI is InChI=1S/C15H22Cl2N2.ClH/c1-18-7-4-12-5-8-19(9-6-12)11-13-2-3-14(16)10-15(13)17;/h2-3,10,12,18H,4-9,11H2,1H3;1H. The van der Waals surface area contributed by atoms with E-state index in [1.165, 1.54) is 37.9 Å². The van der Waals surface area contributed by atoms with Crippen LogP contribution in [0.1, 0.15) is 24.8 Å². The zero-order chi connectivity index (χ0) is 13.7. The monoisotopic (exact) mass is 336 g/mol. The van der Waals surface area contributed by atoms with Crippen molar-refractivity contribution >= 4 is 35.6 Å². The summed E-state index contributed by atoms with van der Waals surface area (Å²) in [6.07, 6.45) is 3.89. The molecule has 0 aliphatic carbocycles. The molecule has 0 amide bonds. The van der Waals surface area contributed by atoms with Gasteiger partial charge >= 0.3 is 0 Å². The molecule has 0 radical (unpaired) electrons. The molecule has 1 fully saturated rings. The number of likely N-dealkylation sites (tertiary alicyclic amines) is 1. The summed E-state index contributed by atoms with van der Waals surface area (Å²) in [6.45, 7) is 4.42. The Morgan fingerprint density at radius 1 is 1.25 bits per heavy atom. The van der Waals surface area contributed by atoms with Gasteiger partial charge in [-0.15, -0.1) is 12.4 Å². The van der Waals surface area contributed by atoms with Crippen molar-refractivity contribution < 1.29 is 0 Å². The van der Waals surface area contributed by atoms with E-state index >= 15 is 0 Å². The van der Waals surface area contributed by atoms with Gasteiger partial charge in [0, 0.05) is 16.6 Å². The Balaban J connectivity index is 0.00000200. The SMILES string of the molecule is CNCCC1CCN(Cc2ccc(Cl)cc2Cl)CC1.Cl. The molecule has 114 valence electrons. The highest BCUT2D eigenvalue weighted by Crippen LogP contribution is 2.25. The third kappa shape index (κ3) is 5.42. The van der Waals surface area contributed by atoms with Crippen molar-refractivity contribution in [3.05, 3.63) is 33.8 Å². The topological polar surface area (TPSA) is 15.3 Å². The zero-order valence-electron chi connectivity index (χ0n) is 11.9. The second-order valence-corrected chi connectivity index (χ2v) is 6.19. The van der Waals surface area contributed by atoms with E-state index in [0.717, 1.165) is 24.0 Å². The molecule has 0 aromatic heterocycles. The van der Waals surface area contributed by atoms with Crippen molar-refractivity contribution in [1.29, 1.82) is 0 Å². The van der Waals surface area contributed by atoms with Crippen molar-refractivity contribution in [3.63, 3.8) is 0 Å². The quantitative estimate of drug-likeness (QED) is 0.864. The second-order valence-electron chi connectivity index (χ2n) is 5.35. The van der Waals surface area contributed by atoms with Crippen LogP contribution in [-0.2, 0) is 6.54 Å². The Kier molecular flexibility index (Phi) is 8.23. The lowest BCUT2D eigenvalue weighted by Gasteiger charge is -2.32. The Morgan fingerprint density at radius 2 is 1.95 bits per heavy atom. The van der Waals surface area contributed by atoms with Crippen LogP contribution in [0.25, 0.3) is 0 Å². The summed E-state index contributed by atoms with van der Waals surface area (Å²) in [5, 5.41) is 4.73. The first-order valence-electron chi connectivity index (χ1n) is 7.00. The number of halogens is 3. The second kappa shape index (κ2) is 9.11. The molecule has 1 aliphatic heterocycles. The van der Waals surface area contributed by atoms with Gasteiger partial charge in [-0.05, 0) is 69.6 Å². The Bertz CT molecular complexity index is 404. The maximum absolute atomic E-state index is 6.23. The number of rotatable bonds is 5. The number of hydrogen-bond donors (Lipinski definition) is 1. The van der Waals surface area contributed by atoms with Crippen molar-refractivity contribution in [2.45, 2.75) is 25.8 Å². The fourth-order valence-corrected chi connectivity index (χ4v) is 3.14. The smallest absolute Gasteiger partial charge is 0.0465 e. The summed E-state index contributed by atoms with van der Waals surface area (Å²) in [6, 6.07) is 5.79. The van der Waals surface area contributed by atoms with E-state index < -0.39 is 0 Å². The molecule has 20 heavy (non-hydrogen) atoms. The highest BCUT2D eigenvalue weighted by molar-refractivity contribution is 6.35. The number of nitrogens with zero attached hydrogens (tertiary/aromatic N) is 1. The Labute approximate surface area is 138 Å². The van der Waals surface area contributed by atoms with Crippen molar-refractivity contribution in [2.75, 3.05) is 26.7 Å². The molecule has 0 bridgehead atoms. The summed E-state index contributed by atoms with van der Waals surface area (Å²) in [5.74, 6) is 0.879. The molecule has 1 aliphatic rings. The van der Waals surface area contributed by atoms with Crippen LogP contribution in [0.15, 0.2) is 18.2 Å². The summed E-state index contributed by atoms with van der Waals surface area (Å²) >= 11 is 12.1. The molecule has 2 nitrogen and oxygen atoms in total. The molecule has 5 heteroatoms. The van der Waals surface area contributed by atoms with Gasteiger partial charge in [-0.3, -0.25) is 4.90 Å². The van der Waals surface area contributed by atoms with Crippen LogP contribution in [-0.4, -0.2) is 31.6 Å². The molecule has 1 aromatic rings. The van der Waals surface area contributed by atoms with Crippen molar-refractivity contribution in [1.82, 2.24) is 10.2 Å². The van der Waals surface area contributed by atoms with Crippen LogP contribution in [0, 0.1) is 5.92 Å². The maximum atomic E-state index is 6.23. The zero-order valence-corrected chi connectivity index (χ0v) is 14.2. The van der Waals surface area contributed by atoms with E-state index in [-0.39, 0.29) is 12.4 Å². The number of hydrogen-bond acceptors (Lipinski definition) is 2. The van der Waals surface area contributed by atoms with Crippen LogP contribution in [0.4, 0.5) is 0 Å². The summed E-state index contributed by atoms with van der Waals surface area (Å²) < 4.78 is 0. The molecule has 1 aromatic carbocycles. The summed E-state index contributed by atoms with van der Waals surface area (Å²) in [5.41, 5.74) is 1.18. The van der Waals surface area contributed by atoms with Crippen LogP contribution >= 0.6 is 35.6 Å². The third-order valence-electron chi connectivity index (χ3n) is 3.92. The van der Waals surface area contributed by atoms with Crippen molar-refractivity contribution in [2.24, 2.45) is 5.92 Å². The van der Waals surface area contributed by atoms with Gasteiger partial charge in [-0.2, -0.15) is 0 Å². The molecule has 0 atom stereocenters. The number of piperidine rings is 1. The highest BCUT2D eigenvalue weighted by Gasteiger charge is 2.19. The van der Waals surface area contributed by atoms with E-state index in [2.05, 4.69) is 10.2 Å². The summed E-state index contributed by atoms with van der Waals surface area (Å²) in [7, 11) is 2.03. The predicted molar refractivity (Wildman–Crippen MR) is 90.3 cm³/mol. The lowest BCUT2D eigenvalue weighted by atomic mass is 9.93. The first-order valence-corrected chi connectivity index (χ1v) is 7.75. The highest BCUT2D eigenvalue weighted by atomic mass is 35.5. The molecular formula is C15H23Cl3N2. The first-order chi connectivity index (χ1) is 9.19. The van der Waals surface area contributed by atoms with E-state index in [1.807, 2.05) is 25.2 Å². The number of benzene rings is 1. The van der Waals surface area contributed by atoms with E-state index in [0.29, 0.717) is 5.02 Å². The molecule has 0 saturated carbocycles. The fraction of sp³-hybridized carbons (Fsp3) is 0.600. The van der Waals surface area contributed by atoms with Gasteiger partial charge in [0.2, 0.25) is 0 Å². The largest absolute Gasteiger partial charge is 0.320 e. The Hall–Kier alpha value is 0.01000. The van der Waals surface area contributed by atoms with Crippen LogP contribution in [0.3, 0.4) is 0 Å². The first kappa shape index (κ1) is 18.1. The van der Waals surface area contributed by atoms with Gasteiger partial charge in [0.1, 0.15) is 0 Å². The lowest BCUT2D eigenvalue weighted by Crippen LogP contribution is -2.34. The third-order valence-corrected chi connectivity index (χ3v) is 4.51. The minimum absolute atomic E-state index is 0. The maximum Gasteiger partial charge on any atom is 0.0465 e. The average molecular weight is 338 g/mol. The Morgan fingerprint density at radius 3 is 2.55 bits per heavy atom.